The highest BCUT2D eigenvalue weighted by atomic mass is 35.5. The number of likely N-dealkylation sites (N-methyl/N-ethyl adjacent to an activating group) is 1. The zero-order valence-electron chi connectivity index (χ0n) is 15.7. The maximum atomic E-state index is 12.8. The molecule has 0 N–H and O–H groups in total. The molecule has 0 aliphatic carbocycles. The fourth-order valence-electron chi connectivity index (χ4n) is 2.86. The molecule has 0 aromatic heterocycles. The van der Waals surface area contributed by atoms with Gasteiger partial charge in [-0.05, 0) is 51.3 Å². The quantitative estimate of drug-likeness (QED) is 0.772. The minimum atomic E-state index is -3.47. The van der Waals surface area contributed by atoms with Gasteiger partial charge >= 0.3 is 6.09 Å². The molecule has 2 rings (SSSR count). The molecule has 1 heterocycles. The van der Waals surface area contributed by atoms with Gasteiger partial charge in [0.25, 0.3) is 0 Å². The molecule has 146 valence electrons. The first-order valence-electron chi connectivity index (χ1n) is 8.66. The zero-order valence-corrected chi connectivity index (χ0v) is 17.3. The Morgan fingerprint density at radius 2 is 1.92 bits per heavy atom. The van der Waals surface area contributed by atoms with Crippen molar-refractivity contribution in [2.45, 2.75) is 51.0 Å². The number of halogens is 1. The number of nitrogens with zero attached hydrogens (tertiary/aromatic N) is 2. The van der Waals surface area contributed by atoms with E-state index in [0.717, 1.165) is 6.42 Å². The summed E-state index contributed by atoms with van der Waals surface area (Å²) in [5, 5.41) is 0.572. The number of sulfonamides is 1. The van der Waals surface area contributed by atoms with Gasteiger partial charge in [-0.2, -0.15) is 4.31 Å². The summed E-state index contributed by atoms with van der Waals surface area (Å²) in [7, 11) is -1.80. The Bertz CT molecular complexity index is 729. The molecule has 26 heavy (non-hydrogen) atoms. The van der Waals surface area contributed by atoms with E-state index in [1.54, 1.807) is 31.3 Å². The van der Waals surface area contributed by atoms with Gasteiger partial charge < -0.3 is 9.64 Å². The molecule has 1 aromatic rings. The van der Waals surface area contributed by atoms with Crippen LogP contribution in [0.5, 0.6) is 0 Å². The molecular weight excluding hydrogens is 376 g/mol. The number of hydrogen-bond acceptors (Lipinski definition) is 4. The van der Waals surface area contributed by atoms with Crippen LogP contribution in [0, 0.1) is 0 Å². The lowest BCUT2D eigenvalue weighted by atomic mass is 10.1. The van der Waals surface area contributed by atoms with Crippen LogP contribution >= 0.6 is 11.6 Å². The van der Waals surface area contributed by atoms with E-state index in [0.29, 0.717) is 23.6 Å². The van der Waals surface area contributed by atoms with Gasteiger partial charge in [0.2, 0.25) is 10.0 Å². The van der Waals surface area contributed by atoms with Crippen molar-refractivity contribution in [1.29, 1.82) is 0 Å². The van der Waals surface area contributed by atoms with Crippen molar-refractivity contribution >= 4 is 27.7 Å². The van der Waals surface area contributed by atoms with Crippen LogP contribution in [-0.4, -0.2) is 55.5 Å². The fraction of sp³-hybridized carbons (Fsp3) is 0.611. The first kappa shape index (κ1) is 21.0. The number of carbonyl (C=O) groups is 1. The van der Waals surface area contributed by atoms with Crippen LogP contribution in [0.15, 0.2) is 24.3 Å². The SMILES string of the molecule is CN(C(=O)OC(C)(C)C)C1CCCN(S(=O)(=O)Cc2ccc(Cl)cc2)C1. The number of amides is 1. The van der Waals surface area contributed by atoms with Crippen molar-refractivity contribution < 1.29 is 17.9 Å². The van der Waals surface area contributed by atoms with Crippen molar-refractivity contribution in [1.82, 2.24) is 9.21 Å². The number of piperidine rings is 1. The number of carbonyl (C=O) groups excluding carboxylic acids is 1. The van der Waals surface area contributed by atoms with E-state index in [1.807, 2.05) is 20.8 Å². The molecule has 6 nitrogen and oxygen atoms in total. The monoisotopic (exact) mass is 402 g/mol. The van der Waals surface area contributed by atoms with Crippen LogP contribution < -0.4 is 0 Å². The summed E-state index contributed by atoms with van der Waals surface area (Å²) in [5.74, 6) is -0.0763. The largest absolute Gasteiger partial charge is 0.444 e. The van der Waals surface area contributed by atoms with Crippen LogP contribution in [0.3, 0.4) is 0 Å². The molecule has 1 atom stereocenters. The van der Waals surface area contributed by atoms with Crippen LogP contribution in [0.25, 0.3) is 0 Å². The Kier molecular flexibility index (Phi) is 6.58. The number of ether oxygens (including phenoxy) is 1. The summed E-state index contributed by atoms with van der Waals surface area (Å²) >= 11 is 5.85. The molecule has 1 aromatic carbocycles. The maximum absolute atomic E-state index is 12.8. The van der Waals surface area contributed by atoms with Gasteiger partial charge in [-0.15, -0.1) is 0 Å². The van der Waals surface area contributed by atoms with Gasteiger partial charge in [0.1, 0.15) is 5.60 Å². The van der Waals surface area contributed by atoms with Crippen molar-refractivity contribution in [2.24, 2.45) is 0 Å². The predicted octanol–water partition coefficient (Wildman–Crippen LogP) is 3.50. The number of rotatable bonds is 4. The Morgan fingerprint density at radius 1 is 1.31 bits per heavy atom. The second kappa shape index (κ2) is 8.15. The second-order valence-electron chi connectivity index (χ2n) is 7.63. The molecule has 8 heteroatoms. The Balaban J connectivity index is 2.04. The van der Waals surface area contributed by atoms with Gasteiger partial charge in [-0.3, -0.25) is 0 Å². The summed E-state index contributed by atoms with van der Waals surface area (Å²) < 4.78 is 32.4. The average Bonchev–Trinajstić information content (AvgIpc) is 2.54. The molecule has 1 fully saturated rings. The highest BCUT2D eigenvalue weighted by Crippen LogP contribution is 2.22. The third-order valence-corrected chi connectivity index (χ3v) is 6.31. The maximum Gasteiger partial charge on any atom is 0.410 e. The van der Waals surface area contributed by atoms with Crippen molar-refractivity contribution in [2.75, 3.05) is 20.1 Å². The average molecular weight is 403 g/mol. The van der Waals surface area contributed by atoms with E-state index in [4.69, 9.17) is 16.3 Å². The molecule has 0 bridgehead atoms. The molecule has 0 saturated carbocycles. The summed E-state index contributed by atoms with van der Waals surface area (Å²) in [6.07, 6.45) is 1.03. The third kappa shape index (κ3) is 5.86. The third-order valence-electron chi connectivity index (χ3n) is 4.24. The first-order chi connectivity index (χ1) is 12.0. The minimum absolute atomic E-state index is 0.0763. The molecule has 1 saturated heterocycles. The highest BCUT2D eigenvalue weighted by molar-refractivity contribution is 7.88. The zero-order chi connectivity index (χ0) is 19.5. The molecule has 1 amide bonds. The molecule has 1 aliphatic heterocycles. The lowest BCUT2D eigenvalue weighted by Crippen LogP contribution is -2.51. The second-order valence-corrected chi connectivity index (χ2v) is 10.0. The van der Waals surface area contributed by atoms with Crippen LogP contribution in [0.2, 0.25) is 5.02 Å². The normalized spacial score (nSPS) is 19.2. The lowest BCUT2D eigenvalue weighted by molar-refractivity contribution is 0.0173. The van der Waals surface area contributed by atoms with Crippen molar-refractivity contribution in [3.63, 3.8) is 0 Å². The molecular formula is C18H27ClN2O4S. The summed E-state index contributed by atoms with van der Waals surface area (Å²) in [5.41, 5.74) is 0.109. The van der Waals surface area contributed by atoms with Crippen LogP contribution in [0.1, 0.15) is 39.2 Å². The van der Waals surface area contributed by atoms with Gasteiger partial charge in [-0.1, -0.05) is 23.7 Å². The van der Waals surface area contributed by atoms with Crippen LogP contribution in [0.4, 0.5) is 4.79 Å². The van der Waals surface area contributed by atoms with Crippen molar-refractivity contribution in [3.8, 4) is 0 Å². The summed E-state index contributed by atoms with van der Waals surface area (Å²) in [6, 6.07) is 6.60. The molecule has 1 unspecified atom stereocenters. The van der Waals surface area contributed by atoms with E-state index in [2.05, 4.69) is 0 Å². The molecule has 0 radical (unpaired) electrons. The minimum Gasteiger partial charge on any atom is -0.444 e. The Labute approximate surface area is 161 Å². The van der Waals surface area contributed by atoms with Gasteiger partial charge in [-0.25, -0.2) is 13.2 Å². The van der Waals surface area contributed by atoms with Crippen molar-refractivity contribution in [3.05, 3.63) is 34.9 Å². The number of benzene rings is 1. The van der Waals surface area contributed by atoms with Gasteiger partial charge in [0.05, 0.1) is 5.75 Å². The predicted molar refractivity (Wildman–Crippen MR) is 103 cm³/mol. The highest BCUT2D eigenvalue weighted by Gasteiger charge is 2.33. The van der Waals surface area contributed by atoms with E-state index in [-0.39, 0.29) is 18.3 Å². The van der Waals surface area contributed by atoms with E-state index < -0.39 is 21.7 Å². The van der Waals surface area contributed by atoms with Gasteiger partial charge in [0, 0.05) is 31.2 Å². The van der Waals surface area contributed by atoms with Crippen LogP contribution in [-0.2, 0) is 20.5 Å². The molecule has 1 aliphatic rings. The topological polar surface area (TPSA) is 66.9 Å². The Morgan fingerprint density at radius 3 is 2.50 bits per heavy atom. The smallest absolute Gasteiger partial charge is 0.410 e. The standard InChI is InChI=1S/C18H27ClN2O4S/c1-18(2,3)25-17(22)20(4)16-6-5-11-21(12-16)26(23,24)13-14-7-9-15(19)10-8-14/h7-10,16H,5-6,11-13H2,1-4H3. The number of hydrogen-bond donors (Lipinski definition) is 0. The van der Waals surface area contributed by atoms with E-state index in [1.165, 1.54) is 9.21 Å². The van der Waals surface area contributed by atoms with E-state index in [9.17, 15) is 13.2 Å². The van der Waals surface area contributed by atoms with E-state index >= 15 is 0 Å². The Hall–Kier alpha value is -1.31. The first-order valence-corrected chi connectivity index (χ1v) is 10.6. The summed E-state index contributed by atoms with van der Waals surface area (Å²) in [6.45, 7) is 6.17. The lowest BCUT2D eigenvalue weighted by Gasteiger charge is -2.37. The van der Waals surface area contributed by atoms with Gasteiger partial charge in [0.15, 0.2) is 0 Å². The molecule has 0 spiro atoms. The fourth-order valence-corrected chi connectivity index (χ4v) is 4.58. The summed E-state index contributed by atoms with van der Waals surface area (Å²) in [4.78, 5) is 13.8.